The number of sulfonamides is 1. The van der Waals surface area contributed by atoms with Crippen molar-refractivity contribution in [2.75, 3.05) is 6.61 Å². The van der Waals surface area contributed by atoms with Crippen molar-refractivity contribution in [2.24, 2.45) is 5.14 Å². The molecule has 19 heavy (non-hydrogen) atoms. The average Bonchev–Trinajstić information content (AvgIpc) is 2.59. The summed E-state index contributed by atoms with van der Waals surface area (Å²) in [5.41, 5.74) is -0.359. The van der Waals surface area contributed by atoms with Crippen LogP contribution in [0.3, 0.4) is 0 Å². The molecule has 1 rings (SSSR count). The van der Waals surface area contributed by atoms with E-state index in [1.807, 2.05) is 20.8 Å². The number of primary sulfonamides is 1. The molecule has 2 N–H and O–H groups in total. The van der Waals surface area contributed by atoms with Crippen LogP contribution in [0.5, 0.6) is 0 Å². The van der Waals surface area contributed by atoms with E-state index in [-0.39, 0.29) is 18.8 Å². The van der Waals surface area contributed by atoms with Gasteiger partial charge in [0.05, 0.1) is 30.0 Å². The normalized spacial score (nSPS) is 12.6. The van der Waals surface area contributed by atoms with Gasteiger partial charge in [0, 0.05) is 0 Å². The van der Waals surface area contributed by atoms with Crippen LogP contribution < -0.4 is 5.14 Å². The quantitative estimate of drug-likeness (QED) is 0.611. The van der Waals surface area contributed by atoms with Crippen molar-refractivity contribution >= 4 is 15.8 Å². The second-order valence-corrected chi connectivity index (χ2v) is 6.37. The zero-order chi connectivity index (χ0) is 14.8. The van der Waals surface area contributed by atoms with Crippen LogP contribution in [-0.2, 0) is 21.3 Å². The fourth-order valence-electron chi connectivity index (χ4n) is 1.28. The first kappa shape index (κ1) is 15.5. The van der Waals surface area contributed by atoms with Crippen LogP contribution in [0.4, 0.5) is 5.82 Å². The minimum atomic E-state index is -4.18. The van der Waals surface area contributed by atoms with Crippen molar-refractivity contribution in [2.45, 2.75) is 37.8 Å². The molecule has 0 aliphatic heterocycles. The average molecular weight is 292 g/mol. The number of rotatable bonds is 5. The topological polar surface area (TPSA) is 130 Å². The molecular formula is C9H16N4O5S. The summed E-state index contributed by atoms with van der Waals surface area (Å²) in [6.45, 7) is 6.00. The summed E-state index contributed by atoms with van der Waals surface area (Å²) in [4.78, 5) is 9.20. The Balaban J connectivity index is 2.91. The number of hydrogen-bond donors (Lipinski definition) is 1. The largest absolute Gasteiger partial charge is 0.410 e. The van der Waals surface area contributed by atoms with Crippen LogP contribution in [0.2, 0.25) is 0 Å². The molecule has 0 amide bonds. The van der Waals surface area contributed by atoms with Gasteiger partial charge in [-0.05, 0) is 25.7 Å². The molecule has 1 aromatic rings. The van der Waals surface area contributed by atoms with Crippen LogP contribution in [0, 0.1) is 10.1 Å². The molecule has 0 unspecified atom stereocenters. The highest BCUT2D eigenvalue weighted by Crippen LogP contribution is 2.20. The second kappa shape index (κ2) is 5.23. The number of nitrogens with two attached hydrogens (primary N) is 1. The molecule has 1 aromatic heterocycles. The van der Waals surface area contributed by atoms with Gasteiger partial charge in [0.2, 0.25) is 14.9 Å². The molecule has 0 saturated heterocycles. The Kier molecular flexibility index (Phi) is 4.28. The molecule has 0 atom stereocenters. The lowest BCUT2D eigenvalue weighted by Gasteiger charge is -2.18. The molecule has 0 radical (unpaired) electrons. The van der Waals surface area contributed by atoms with Gasteiger partial charge in [-0.3, -0.25) is 0 Å². The maximum atomic E-state index is 11.2. The number of nitrogens with zero attached hydrogens (tertiary/aromatic N) is 3. The van der Waals surface area contributed by atoms with Gasteiger partial charge >= 0.3 is 5.82 Å². The fourth-order valence-corrected chi connectivity index (χ4v) is 1.92. The monoisotopic (exact) mass is 292 g/mol. The Labute approximate surface area is 110 Å². The summed E-state index contributed by atoms with van der Waals surface area (Å²) < 4.78 is 28.9. The van der Waals surface area contributed by atoms with Gasteiger partial charge in [0.25, 0.3) is 0 Å². The van der Waals surface area contributed by atoms with Crippen LogP contribution >= 0.6 is 0 Å². The van der Waals surface area contributed by atoms with Gasteiger partial charge < -0.3 is 14.9 Å². The maximum absolute atomic E-state index is 11.2. The Morgan fingerprint density at radius 2 is 2.11 bits per heavy atom. The number of ether oxygens (including phenoxy) is 1. The Bertz CT molecular complexity index is 572. The molecule has 0 aliphatic carbocycles. The molecule has 0 spiro atoms. The number of aromatic nitrogens is 2. The fraction of sp³-hybridized carbons (Fsp3) is 0.667. The molecule has 108 valence electrons. The molecule has 10 heteroatoms. The first-order valence-electron chi connectivity index (χ1n) is 5.39. The third-order valence-corrected chi connectivity index (χ3v) is 2.95. The molecule has 0 aromatic carbocycles. The highest BCUT2D eigenvalue weighted by molar-refractivity contribution is 7.89. The van der Waals surface area contributed by atoms with Crippen molar-refractivity contribution in [3.8, 4) is 0 Å². The van der Waals surface area contributed by atoms with E-state index < -0.39 is 25.7 Å². The summed E-state index contributed by atoms with van der Waals surface area (Å²) in [6, 6.07) is 0. The van der Waals surface area contributed by atoms with Gasteiger partial charge in [-0.15, -0.1) is 0 Å². The zero-order valence-corrected chi connectivity index (χ0v) is 11.7. The van der Waals surface area contributed by atoms with Gasteiger partial charge in [0.15, 0.2) is 0 Å². The van der Waals surface area contributed by atoms with E-state index >= 15 is 0 Å². The summed E-state index contributed by atoms with van der Waals surface area (Å²) in [5, 5.41) is 19.2. The second-order valence-electron chi connectivity index (χ2n) is 4.84. The standard InChI is InChI=1S/C9H16N4O5S/c1-9(2,3)18-5-4-12-6-7(19(10,16)17)8(11-12)13(14)15/h6H,4-5H2,1-3H3,(H2,10,16,17). The van der Waals surface area contributed by atoms with Crippen LogP contribution in [0.1, 0.15) is 20.8 Å². The Hall–Kier alpha value is -1.52. The number of hydrogen-bond acceptors (Lipinski definition) is 6. The van der Waals surface area contributed by atoms with Gasteiger partial charge in [0.1, 0.15) is 0 Å². The predicted molar refractivity (Wildman–Crippen MR) is 66.0 cm³/mol. The van der Waals surface area contributed by atoms with E-state index in [0.717, 1.165) is 10.9 Å². The lowest BCUT2D eigenvalue weighted by Crippen LogP contribution is -2.22. The van der Waals surface area contributed by atoms with Crippen molar-refractivity contribution < 1.29 is 18.1 Å². The predicted octanol–water partition coefficient (Wildman–Crippen LogP) is 0.254. The van der Waals surface area contributed by atoms with Crippen molar-refractivity contribution in [3.05, 3.63) is 16.3 Å². The highest BCUT2D eigenvalue weighted by atomic mass is 32.2. The van der Waals surface area contributed by atoms with Crippen molar-refractivity contribution in [3.63, 3.8) is 0 Å². The molecular weight excluding hydrogens is 276 g/mol. The third kappa shape index (κ3) is 4.58. The molecule has 0 saturated carbocycles. The van der Waals surface area contributed by atoms with Crippen molar-refractivity contribution in [1.82, 2.24) is 9.78 Å². The lowest BCUT2D eigenvalue weighted by atomic mass is 10.2. The number of nitro groups is 1. The van der Waals surface area contributed by atoms with Crippen LogP contribution in [0.15, 0.2) is 11.1 Å². The lowest BCUT2D eigenvalue weighted by molar-refractivity contribution is -0.392. The summed E-state index contributed by atoms with van der Waals surface area (Å²) in [6.07, 6.45) is 1.03. The van der Waals surface area contributed by atoms with Crippen molar-refractivity contribution in [1.29, 1.82) is 0 Å². The van der Waals surface area contributed by atoms with E-state index in [4.69, 9.17) is 9.88 Å². The summed E-state index contributed by atoms with van der Waals surface area (Å²) >= 11 is 0. The van der Waals surface area contributed by atoms with E-state index in [2.05, 4.69) is 5.10 Å². The van der Waals surface area contributed by atoms with E-state index in [0.29, 0.717) is 0 Å². The van der Waals surface area contributed by atoms with Gasteiger partial charge in [-0.25, -0.2) is 13.6 Å². The minimum Gasteiger partial charge on any atom is -0.374 e. The first-order valence-corrected chi connectivity index (χ1v) is 6.94. The minimum absolute atomic E-state index is 0.188. The van der Waals surface area contributed by atoms with E-state index in [1.165, 1.54) is 0 Å². The molecule has 1 heterocycles. The Morgan fingerprint density at radius 3 is 2.47 bits per heavy atom. The van der Waals surface area contributed by atoms with E-state index in [9.17, 15) is 18.5 Å². The maximum Gasteiger partial charge on any atom is 0.410 e. The van der Waals surface area contributed by atoms with Crippen LogP contribution in [-0.4, -0.2) is 35.3 Å². The first-order chi connectivity index (χ1) is 8.50. The van der Waals surface area contributed by atoms with Crippen LogP contribution in [0.25, 0.3) is 0 Å². The highest BCUT2D eigenvalue weighted by Gasteiger charge is 2.28. The van der Waals surface area contributed by atoms with Gasteiger partial charge in [-0.2, -0.15) is 4.68 Å². The Morgan fingerprint density at radius 1 is 1.53 bits per heavy atom. The molecule has 0 bridgehead atoms. The van der Waals surface area contributed by atoms with E-state index in [1.54, 1.807) is 0 Å². The molecule has 0 aliphatic rings. The zero-order valence-electron chi connectivity index (χ0n) is 10.9. The molecule has 9 nitrogen and oxygen atoms in total. The van der Waals surface area contributed by atoms with Gasteiger partial charge in [-0.1, -0.05) is 0 Å². The third-order valence-electron chi connectivity index (χ3n) is 2.04. The summed E-state index contributed by atoms with van der Waals surface area (Å²) in [7, 11) is -4.18. The summed E-state index contributed by atoms with van der Waals surface area (Å²) in [5.74, 6) is -0.779. The SMILES string of the molecule is CC(C)(C)OCCn1cc(S(N)(=O)=O)c([N+](=O)[O-])n1. The molecule has 0 fully saturated rings. The smallest absolute Gasteiger partial charge is 0.374 e.